The van der Waals surface area contributed by atoms with Crippen molar-refractivity contribution in [3.05, 3.63) is 24.0 Å². The zero-order valence-corrected chi connectivity index (χ0v) is 14.5. The molecule has 1 N–H and O–H groups in total. The molecule has 1 aromatic heterocycles. The minimum Gasteiger partial charge on any atom is -0.467 e. The number of cyclic esters (lactones) is 1. The van der Waals surface area contributed by atoms with Crippen molar-refractivity contribution in [1.29, 1.82) is 0 Å². The van der Waals surface area contributed by atoms with E-state index in [-0.39, 0.29) is 29.8 Å². The molecule has 0 bridgehead atoms. The van der Waals surface area contributed by atoms with Gasteiger partial charge in [-0.3, -0.25) is 4.90 Å². The number of nitrogens with one attached hydrogen (secondary N) is 1. The maximum Gasteiger partial charge on any atom is 0.414 e. The van der Waals surface area contributed by atoms with Crippen molar-refractivity contribution >= 4 is 23.4 Å². The van der Waals surface area contributed by atoms with Gasteiger partial charge in [-0.1, -0.05) is 6.92 Å². The van der Waals surface area contributed by atoms with Crippen molar-refractivity contribution in [2.45, 2.75) is 19.4 Å². The largest absolute Gasteiger partial charge is 0.467 e. The van der Waals surface area contributed by atoms with E-state index in [1.165, 1.54) is 31.3 Å². The Bertz CT molecular complexity index is 797. The van der Waals surface area contributed by atoms with Crippen LogP contribution in [0.15, 0.2) is 18.2 Å². The van der Waals surface area contributed by atoms with Gasteiger partial charge in [0.1, 0.15) is 11.9 Å². The lowest BCUT2D eigenvalue weighted by Gasteiger charge is -2.14. The Labute approximate surface area is 149 Å². The summed E-state index contributed by atoms with van der Waals surface area (Å²) in [5.74, 6) is -0.513. The summed E-state index contributed by atoms with van der Waals surface area (Å²) in [5.41, 5.74) is 0.545. The number of ether oxygens (including phenoxy) is 3. The number of carbonyl (C=O) groups is 1. The van der Waals surface area contributed by atoms with Crippen LogP contribution in [-0.2, 0) is 4.74 Å². The predicted molar refractivity (Wildman–Crippen MR) is 90.5 cm³/mol. The smallest absolute Gasteiger partial charge is 0.414 e. The first kappa shape index (κ1) is 17.6. The molecule has 1 aliphatic heterocycles. The van der Waals surface area contributed by atoms with Crippen LogP contribution in [0.25, 0.3) is 0 Å². The van der Waals surface area contributed by atoms with Crippen LogP contribution in [-0.4, -0.2) is 47.9 Å². The summed E-state index contributed by atoms with van der Waals surface area (Å²) in [4.78, 5) is 25.1. The highest BCUT2D eigenvalue weighted by atomic mass is 19.1. The second-order valence-corrected chi connectivity index (χ2v) is 5.45. The Balaban J connectivity index is 1.81. The number of hydrogen-bond donors (Lipinski definition) is 1. The summed E-state index contributed by atoms with van der Waals surface area (Å²) in [6, 6.07) is 4.40. The number of halogens is 1. The molecular formula is C16H18FN5O4. The summed E-state index contributed by atoms with van der Waals surface area (Å²) < 4.78 is 29.6. The van der Waals surface area contributed by atoms with Crippen LogP contribution in [0, 0.1) is 5.82 Å². The molecule has 1 saturated heterocycles. The van der Waals surface area contributed by atoms with Gasteiger partial charge in [0.2, 0.25) is 5.95 Å². The number of aromatic nitrogens is 3. The Morgan fingerprint density at radius 2 is 1.96 bits per heavy atom. The van der Waals surface area contributed by atoms with E-state index in [4.69, 9.17) is 14.2 Å². The van der Waals surface area contributed by atoms with Crippen molar-refractivity contribution in [1.82, 2.24) is 15.0 Å². The van der Waals surface area contributed by atoms with Crippen molar-refractivity contribution < 1.29 is 23.4 Å². The highest BCUT2D eigenvalue weighted by Gasteiger charge is 2.31. The van der Waals surface area contributed by atoms with E-state index in [1.54, 1.807) is 6.07 Å². The summed E-state index contributed by atoms with van der Waals surface area (Å²) in [7, 11) is 2.79. The van der Waals surface area contributed by atoms with Crippen molar-refractivity contribution in [3.63, 3.8) is 0 Å². The molecule has 0 radical (unpaired) electrons. The topological polar surface area (TPSA) is 98.7 Å². The molecule has 1 atom stereocenters. The van der Waals surface area contributed by atoms with Gasteiger partial charge in [-0.25, -0.2) is 9.18 Å². The van der Waals surface area contributed by atoms with Crippen molar-refractivity contribution in [3.8, 4) is 12.0 Å². The van der Waals surface area contributed by atoms with Crippen LogP contribution in [0.2, 0.25) is 0 Å². The number of nitrogens with zero attached hydrogens (tertiary/aromatic N) is 4. The maximum absolute atomic E-state index is 14.5. The van der Waals surface area contributed by atoms with Gasteiger partial charge in [-0.05, 0) is 24.6 Å². The van der Waals surface area contributed by atoms with Gasteiger partial charge >= 0.3 is 18.1 Å². The van der Waals surface area contributed by atoms with E-state index in [0.29, 0.717) is 18.7 Å². The second kappa shape index (κ2) is 7.38. The predicted octanol–water partition coefficient (Wildman–Crippen LogP) is 2.51. The molecule has 9 nitrogen and oxygen atoms in total. The quantitative estimate of drug-likeness (QED) is 0.836. The Hall–Kier alpha value is -3.17. The van der Waals surface area contributed by atoms with Crippen LogP contribution in [0.1, 0.15) is 13.3 Å². The molecule has 0 unspecified atom stereocenters. The number of hydrogen-bond acceptors (Lipinski definition) is 8. The summed E-state index contributed by atoms with van der Waals surface area (Å²) >= 11 is 0. The standard InChI is InChI=1S/C16H18FN5O4/c1-4-10-8-22(16(23)26-10)9-5-6-12(11(17)7-9)18-13-19-14(24-2)21-15(20-13)25-3/h5-7,10H,4,8H2,1-3H3,(H,18,19,20,21)/t10-/m0/s1. The van der Waals surface area contributed by atoms with Gasteiger partial charge in [-0.2, -0.15) is 9.97 Å². The van der Waals surface area contributed by atoms with Gasteiger partial charge in [-0.15, -0.1) is 4.98 Å². The lowest BCUT2D eigenvalue weighted by atomic mass is 10.2. The first-order chi connectivity index (χ1) is 12.5. The molecule has 1 amide bonds. The molecule has 10 heteroatoms. The molecule has 1 aliphatic rings. The minimum atomic E-state index is -0.575. The number of rotatable bonds is 6. The molecule has 138 valence electrons. The third-order valence-corrected chi connectivity index (χ3v) is 3.80. The number of carbonyl (C=O) groups excluding carboxylic acids is 1. The number of methoxy groups -OCH3 is 2. The lowest BCUT2D eigenvalue weighted by Crippen LogP contribution is -2.24. The number of amides is 1. The molecule has 0 saturated carbocycles. The summed E-state index contributed by atoms with van der Waals surface area (Å²) in [6.07, 6.45) is 0.0327. The Morgan fingerprint density at radius 1 is 1.27 bits per heavy atom. The Morgan fingerprint density at radius 3 is 2.50 bits per heavy atom. The molecule has 2 heterocycles. The maximum atomic E-state index is 14.5. The van der Waals surface area contributed by atoms with Crippen LogP contribution < -0.4 is 19.7 Å². The zero-order chi connectivity index (χ0) is 18.7. The summed E-state index contributed by atoms with van der Waals surface area (Å²) in [5, 5.41) is 2.74. The molecule has 3 rings (SSSR count). The lowest BCUT2D eigenvalue weighted by molar-refractivity contribution is 0.139. The average molecular weight is 363 g/mol. The van der Waals surface area contributed by atoms with Crippen LogP contribution >= 0.6 is 0 Å². The van der Waals surface area contributed by atoms with E-state index >= 15 is 0 Å². The average Bonchev–Trinajstić information content (AvgIpc) is 3.04. The summed E-state index contributed by atoms with van der Waals surface area (Å²) in [6.45, 7) is 2.32. The molecule has 0 spiro atoms. The fraction of sp³-hybridized carbons (Fsp3) is 0.375. The van der Waals surface area contributed by atoms with Crippen LogP contribution in [0.5, 0.6) is 12.0 Å². The van der Waals surface area contributed by atoms with Crippen LogP contribution in [0.4, 0.5) is 26.5 Å². The van der Waals surface area contributed by atoms with Gasteiger partial charge in [0.25, 0.3) is 0 Å². The normalized spacial score (nSPS) is 16.4. The molecule has 2 aromatic rings. The molecule has 1 fully saturated rings. The number of benzene rings is 1. The highest BCUT2D eigenvalue weighted by molar-refractivity contribution is 5.90. The first-order valence-electron chi connectivity index (χ1n) is 7.92. The SMILES string of the molecule is CC[C@H]1CN(c2ccc(Nc3nc(OC)nc(OC)n3)c(F)c2)C(=O)O1. The van der Waals surface area contributed by atoms with E-state index in [9.17, 15) is 9.18 Å². The number of anilines is 3. The van der Waals surface area contributed by atoms with E-state index in [0.717, 1.165) is 0 Å². The van der Waals surface area contributed by atoms with Gasteiger partial charge in [0.05, 0.1) is 32.1 Å². The first-order valence-corrected chi connectivity index (χ1v) is 7.92. The molecule has 0 aliphatic carbocycles. The van der Waals surface area contributed by atoms with E-state index in [2.05, 4.69) is 20.3 Å². The van der Waals surface area contributed by atoms with Gasteiger partial charge in [0.15, 0.2) is 0 Å². The Kier molecular flexibility index (Phi) is 5.01. The fourth-order valence-electron chi connectivity index (χ4n) is 2.42. The molecule has 1 aromatic carbocycles. The van der Waals surface area contributed by atoms with Crippen molar-refractivity contribution in [2.75, 3.05) is 31.0 Å². The molecular weight excluding hydrogens is 345 g/mol. The van der Waals surface area contributed by atoms with Crippen molar-refractivity contribution in [2.24, 2.45) is 0 Å². The molecule has 26 heavy (non-hydrogen) atoms. The third-order valence-electron chi connectivity index (χ3n) is 3.80. The van der Waals surface area contributed by atoms with E-state index in [1.807, 2.05) is 6.92 Å². The monoisotopic (exact) mass is 363 g/mol. The second-order valence-electron chi connectivity index (χ2n) is 5.45. The fourth-order valence-corrected chi connectivity index (χ4v) is 2.42. The zero-order valence-electron chi connectivity index (χ0n) is 14.5. The van der Waals surface area contributed by atoms with Crippen LogP contribution in [0.3, 0.4) is 0 Å². The van der Waals surface area contributed by atoms with Gasteiger partial charge in [0, 0.05) is 0 Å². The third kappa shape index (κ3) is 3.58. The van der Waals surface area contributed by atoms with E-state index < -0.39 is 11.9 Å². The van der Waals surface area contributed by atoms with Gasteiger partial charge < -0.3 is 19.5 Å². The highest BCUT2D eigenvalue weighted by Crippen LogP contribution is 2.28. The minimum absolute atomic E-state index is 0.0294.